The molecule has 0 spiro atoms. The fourth-order valence-electron chi connectivity index (χ4n) is 2.58. The van der Waals surface area contributed by atoms with Crippen molar-refractivity contribution in [3.63, 3.8) is 0 Å². The highest BCUT2D eigenvalue weighted by Crippen LogP contribution is 2.24. The number of carbonyl (C=O) groups excluding carboxylic acids is 2. The van der Waals surface area contributed by atoms with Gasteiger partial charge >= 0.3 is 0 Å². The molecule has 2 heterocycles. The first-order valence-corrected chi connectivity index (χ1v) is 8.82. The Kier molecular flexibility index (Phi) is 5.94. The summed E-state index contributed by atoms with van der Waals surface area (Å²) in [6, 6.07) is 9.07. The summed E-state index contributed by atoms with van der Waals surface area (Å²) in [5.74, 6) is 0.267. The molecule has 3 rings (SSSR count). The Morgan fingerprint density at radius 1 is 1.17 bits per heavy atom. The second kappa shape index (κ2) is 8.75. The number of hydrogen-bond acceptors (Lipinski definition) is 7. The van der Waals surface area contributed by atoms with Gasteiger partial charge in [0, 0.05) is 30.1 Å². The van der Waals surface area contributed by atoms with Gasteiger partial charge in [-0.3, -0.25) is 14.6 Å². The largest absolute Gasteiger partial charge is 0.366 e. The normalized spacial score (nSPS) is 10.2. The summed E-state index contributed by atoms with van der Waals surface area (Å²) >= 11 is 0. The third-order valence-electron chi connectivity index (χ3n) is 4.11. The number of benzene rings is 1. The number of rotatable bonds is 8. The summed E-state index contributed by atoms with van der Waals surface area (Å²) in [6.07, 6.45) is 6.15. The molecular formula is C21H20N6O2. The zero-order valence-corrected chi connectivity index (χ0v) is 15.8. The number of hydrogen-bond donors (Lipinski definition) is 3. The molecule has 1 aromatic carbocycles. The third-order valence-corrected chi connectivity index (χ3v) is 4.11. The summed E-state index contributed by atoms with van der Waals surface area (Å²) < 4.78 is 0. The number of amides is 1. The summed E-state index contributed by atoms with van der Waals surface area (Å²) in [5.41, 5.74) is 8.53. The molecule has 1 amide bonds. The van der Waals surface area contributed by atoms with Crippen molar-refractivity contribution in [1.82, 2.24) is 15.0 Å². The smallest absolute Gasteiger partial charge is 0.250 e. The van der Waals surface area contributed by atoms with E-state index < -0.39 is 5.91 Å². The molecule has 0 bridgehead atoms. The van der Waals surface area contributed by atoms with Gasteiger partial charge in [0.15, 0.2) is 5.78 Å². The number of aryl methyl sites for hydroxylation is 1. The molecule has 8 heteroatoms. The minimum absolute atomic E-state index is 0.0668. The number of nitrogens with zero attached hydrogens (tertiary/aromatic N) is 3. The van der Waals surface area contributed by atoms with E-state index in [-0.39, 0.29) is 17.8 Å². The molecule has 0 aliphatic carbocycles. The van der Waals surface area contributed by atoms with E-state index in [1.807, 2.05) is 31.2 Å². The molecule has 0 saturated carbocycles. The number of carbonyl (C=O) groups is 2. The first-order valence-electron chi connectivity index (χ1n) is 8.82. The average Bonchev–Trinajstić information content (AvgIpc) is 2.72. The van der Waals surface area contributed by atoms with Crippen LogP contribution in [0.25, 0.3) is 0 Å². The van der Waals surface area contributed by atoms with Gasteiger partial charge in [-0.15, -0.1) is 0 Å². The van der Waals surface area contributed by atoms with Gasteiger partial charge in [0.2, 0.25) is 11.9 Å². The zero-order valence-electron chi connectivity index (χ0n) is 15.8. The number of allylic oxidation sites excluding steroid dienone is 1. The van der Waals surface area contributed by atoms with Crippen molar-refractivity contribution >= 4 is 34.8 Å². The Bertz CT molecular complexity index is 1080. The minimum Gasteiger partial charge on any atom is -0.366 e. The Balaban J connectivity index is 1.85. The van der Waals surface area contributed by atoms with E-state index in [4.69, 9.17) is 5.73 Å². The summed E-state index contributed by atoms with van der Waals surface area (Å²) in [5, 5.41) is 6.27. The molecule has 4 N–H and O–H groups in total. The van der Waals surface area contributed by atoms with E-state index in [0.717, 1.165) is 16.8 Å². The van der Waals surface area contributed by atoms with Gasteiger partial charge < -0.3 is 16.4 Å². The summed E-state index contributed by atoms with van der Waals surface area (Å²) in [4.78, 5) is 35.8. The first kappa shape index (κ1) is 19.7. The number of pyridine rings is 1. The van der Waals surface area contributed by atoms with Crippen LogP contribution >= 0.6 is 0 Å². The lowest BCUT2D eigenvalue weighted by Crippen LogP contribution is -2.11. The molecule has 0 aliphatic rings. The summed E-state index contributed by atoms with van der Waals surface area (Å²) in [6.45, 7) is 5.39. The van der Waals surface area contributed by atoms with E-state index in [1.165, 1.54) is 12.3 Å². The molecule has 8 nitrogen and oxygen atoms in total. The Labute approximate surface area is 167 Å². The van der Waals surface area contributed by atoms with Crippen LogP contribution in [0.1, 0.15) is 21.5 Å². The predicted molar refractivity (Wildman–Crippen MR) is 111 cm³/mol. The zero-order chi connectivity index (χ0) is 20.8. The van der Waals surface area contributed by atoms with E-state index >= 15 is 0 Å². The van der Waals surface area contributed by atoms with Gasteiger partial charge in [-0.2, -0.15) is 4.98 Å². The quantitative estimate of drug-likeness (QED) is 0.507. The Hall–Kier alpha value is -4.07. The van der Waals surface area contributed by atoms with Crippen LogP contribution in [0.4, 0.5) is 23.1 Å². The van der Waals surface area contributed by atoms with Gasteiger partial charge in [0.1, 0.15) is 5.82 Å². The van der Waals surface area contributed by atoms with Crippen LogP contribution in [0.3, 0.4) is 0 Å². The summed E-state index contributed by atoms with van der Waals surface area (Å²) in [7, 11) is 0. The van der Waals surface area contributed by atoms with Crippen LogP contribution in [-0.4, -0.2) is 26.6 Å². The SMILES string of the molecule is C=CC(=O)Cc1ccccc1Nc1nc(Nc2cncc(C(N)=O)c2)ncc1C. The molecule has 0 atom stereocenters. The van der Waals surface area contributed by atoms with E-state index in [2.05, 4.69) is 32.2 Å². The van der Waals surface area contributed by atoms with Crippen molar-refractivity contribution in [2.45, 2.75) is 13.3 Å². The Morgan fingerprint density at radius 2 is 1.97 bits per heavy atom. The number of primary amides is 1. The fraction of sp³-hybridized carbons (Fsp3) is 0.0952. The third kappa shape index (κ3) is 5.01. The van der Waals surface area contributed by atoms with Crippen LogP contribution in [0.2, 0.25) is 0 Å². The van der Waals surface area contributed by atoms with Crippen LogP contribution in [0.5, 0.6) is 0 Å². The molecule has 0 aliphatic heterocycles. The van der Waals surface area contributed by atoms with E-state index in [9.17, 15) is 9.59 Å². The fourth-order valence-corrected chi connectivity index (χ4v) is 2.58. The van der Waals surface area contributed by atoms with Gasteiger partial charge in [-0.25, -0.2) is 4.98 Å². The molecule has 29 heavy (non-hydrogen) atoms. The van der Waals surface area contributed by atoms with Gasteiger partial charge in [0.25, 0.3) is 0 Å². The maximum atomic E-state index is 11.8. The van der Waals surface area contributed by atoms with Gasteiger partial charge in [-0.05, 0) is 30.7 Å². The molecule has 0 radical (unpaired) electrons. The number of anilines is 4. The second-order valence-corrected chi connectivity index (χ2v) is 6.31. The van der Waals surface area contributed by atoms with Crippen molar-refractivity contribution in [3.8, 4) is 0 Å². The van der Waals surface area contributed by atoms with Crippen molar-refractivity contribution in [2.24, 2.45) is 5.73 Å². The number of ketones is 1. The number of para-hydroxylation sites is 1. The van der Waals surface area contributed by atoms with E-state index in [1.54, 1.807) is 18.5 Å². The maximum absolute atomic E-state index is 11.8. The van der Waals surface area contributed by atoms with Gasteiger partial charge in [-0.1, -0.05) is 24.8 Å². The maximum Gasteiger partial charge on any atom is 0.250 e. The van der Waals surface area contributed by atoms with Crippen molar-refractivity contribution in [1.29, 1.82) is 0 Å². The highest BCUT2D eigenvalue weighted by atomic mass is 16.1. The van der Waals surface area contributed by atoms with Crippen LogP contribution in [-0.2, 0) is 11.2 Å². The van der Waals surface area contributed by atoms with Crippen LogP contribution in [0, 0.1) is 6.92 Å². The van der Waals surface area contributed by atoms with Crippen molar-refractivity contribution in [3.05, 3.63) is 78.3 Å². The monoisotopic (exact) mass is 388 g/mol. The van der Waals surface area contributed by atoms with Gasteiger partial charge in [0.05, 0.1) is 17.4 Å². The first-order chi connectivity index (χ1) is 14.0. The number of nitrogens with two attached hydrogens (primary N) is 1. The highest BCUT2D eigenvalue weighted by molar-refractivity contribution is 5.93. The highest BCUT2D eigenvalue weighted by Gasteiger charge is 2.10. The molecular weight excluding hydrogens is 368 g/mol. The molecule has 2 aromatic heterocycles. The molecule has 146 valence electrons. The van der Waals surface area contributed by atoms with Crippen LogP contribution < -0.4 is 16.4 Å². The molecule has 0 fully saturated rings. The number of aromatic nitrogens is 3. The van der Waals surface area contributed by atoms with Crippen molar-refractivity contribution < 1.29 is 9.59 Å². The van der Waals surface area contributed by atoms with Crippen molar-refractivity contribution in [2.75, 3.05) is 10.6 Å². The standard InChI is InChI=1S/C21H20N6O2/c1-3-17(28)9-14-6-4-5-7-18(14)26-20-13(2)10-24-21(27-20)25-16-8-15(19(22)29)11-23-12-16/h3-8,10-12H,1,9H2,2H3,(H2,22,29)(H2,24,25,26,27). The van der Waals surface area contributed by atoms with Crippen LogP contribution in [0.15, 0.2) is 61.6 Å². The lowest BCUT2D eigenvalue weighted by Gasteiger charge is -2.14. The minimum atomic E-state index is -0.570. The molecule has 0 saturated heterocycles. The topological polar surface area (TPSA) is 123 Å². The molecule has 3 aromatic rings. The lowest BCUT2D eigenvalue weighted by atomic mass is 10.1. The average molecular weight is 388 g/mol. The second-order valence-electron chi connectivity index (χ2n) is 6.31. The van der Waals surface area contributed by atoms with E-state index in [0.29, 0.717) is 17.5 Å². The predicted octanol–water partition coefficient (Wildman–Crippen LogP) is 3.06. The number of nitrogens with one attached hydrogen (secondary N) is 2. The molecule has 0 unspecified atom stereocenters. The lowest BCUT2D eigenvalue weighted by molar-refractivity contribution is -0.114. The Morgan fingerprint density at radius 3 is 2.72 bits per heavy atom.